The van der Waals surface area contributed by atoms with E-state index >= 15 is 0 Å². The highest BCUT2D eigenvalue weighted by Crippen LogP contribution is 2.44. The number of nitrogens with zero attached hydrogens (tertiary/aromatic N) is 3. The van der Waals surface area contributed by atoms with Crippen molar-refractivity contribution in [1.29, 1.82) is 5.26 Å². The summed E-state index contributed by atoms with van der Waals surface area (Å²) >= 11 is 0. The molecule has 0 fully saturated rings. The van der Waals surface area contributed by atoms with Crippen LogP contribution in [0.4, 0.5) is 0 Å². The van der Waals surface area contributed by atoms with E-state index in [4.69, 9.17) is 10.7 Å². The molecule has 1 amide bonds. The van der Waals surface area contributed by atoms with Gasteiger partial charge < -0.3 is 10.5 Å². The van der Waals surface area contributed by atoms with Gasteiger partial charge in [0.2, 0.25) is 5.91 Å². The molecule has 0 unspecified atom stereocenters. The van der Waals surface area contributed by atoms with Gasteiger partial charge in [-0.3, -0.25) is 9.69 Å². The Kier molecular flexibility index (Phi) is 5.20. The van der Waals surface area contributed by atoms with Crippen molar-refractivity contribution in [2.24, 2.45) is 10.7 Å². The minimum Gasteiger partial charge on any atom is -0.428 e. The van der Waals surface area contributed by atoms with Gasteiger partial charge in [0.15, 0.2) is 11.6 Å². The summed E-state index contributed by atoms with van der Waals surface area (Å²) in [4.78, 5) is 19.4. The molecule has 1 heterocycles. The van der Waals surface area contributed by atoms with Crippen LogP contribution in [0.3, 0.4) is 0 Å². The fourth-order valence-electron chi connectivity index (χ4n) is 3.74. The number of aliphatic imine (C=N–C) groups is 1. The maximum atomic E-state index is 13.3. The normalized spacial score (nSPS) is 22.2. The summed E-state index contributed by atoms with van der Waals surface area (Å²) in [5.74, 6) is -0.530. The number of carbonyl (C=O) groups excluding carboxylic acids is 1. The minimum atomic E-state index is -0.924. The summed E-state index contributed by atoms with van der Waals surface area (Å²) in [6.45, 7) is 5.99. The number of likely N-dealkylation sites (N-methyl/N-ethyl adjacent to an activating group) is 1. The van der Waals surface area contributed by atoms with Crippen molar-refractivity contribution in [2.75, 3.05) is 14.2 Å². The van der Waals surface area contributed by atoms with Crippen LogP contribution in [0.2, 0.25) is 0 Å². The average molecular weight is 391 g/mol. The van der Waals surface area contributed by atoms with Gasteiger partial charge in [0.25, 0.3) is 0 Å². The lowest BCUT2D eigenvalue weighted by molar-refractivity contribution is -0.132. The molecule has 3 N–H and O–H groups in total. The number of ether oxygens (including phenoxy) is 1. The van der Waals surface area contributed by atoms with Gasteiger partial charge in [-0.1, -0.05) is 36.4 Å². The molecule has 0 spiro atoms. The largest absolute Gasteiger partial charge is 0.428 e. The second kappa shape index (κ2) is 7.34. The molecule has 0 saturated heterocycles. The van der Waals surface area contributed by atoms with Gasteiger partial charge in [0.1, 0.15) is 12.6 Å². The van der Waals surface area contributed by atoms with Crippen molar-refractivity contribution in [2.45, 2.75) is 37.8 Å². The molecule has 6 heteroatoms. The predicted molar refractivity (Wildman–Crippen MR) is 113 cm³/mol. The summed E-state index contributed by atoms with van der Waals surface area (Å²) in [6, 6.07) is 17.3. The summed E-state index contributed by atoms with van der Waals surface area (Å²) in [6.07, 6.45) is 0. The van der Waals surface area contributed by atoms with E-state index in [2.05, 4.69) is 10.8 Å². The third kappa shape index (κ3) is 3.50. The van der Waals surface area contributed by atoms with E-state index in [-0.39, 0.29) is 17.5 Å². The molecule has 29 heavy (non-hydrogen) atoms. The zero-order valence-electron chi connectivity index (χ0n) is 17.5. The molecule has 1 aliphatic heterocycles. The number of benzene rings is 2. The van der Waals surface area contributed by atoms with Crippen LogP contribution < -0.4 is 5.73 Å². The smallest absolute Gasteiger partial charge is 0.239 e. The van der Waals surface area contributed by atoms with E-state index in [0.29, 0.717) is 5.56 Å². The van der Waals surface area contributed by atoms with Gasteiger partial charge >= 0.3 is 0 Å². The number of carbonyl (C=O) groups is 1. The molecule has 0 radical (unpaired) electrons. The van der Waals surface area contributed by atoms with Crippen LogP contribution in [0.25, 0.3) is 0 Å². The highest BCUT2D eigenvalue weighted by Gasteiger charge is 2.47. The van der Waals surface area contributed by atoms with Gasteiger partial charge in [0.05, 0.1) is 17.6 Å². The monoisotopic (exact) mass is 391 g/mol. The topological polar surface area (TPSA) is 95.3 Å². The first-order chi connectivity index (χ1) is 13.6. The van der Waals surface area contributed by atoms with Crippen LogP contribution in [0.5, 0.6) is 0 Å². The van der Waals surface area contributed by atoms with Gasteiger partial charge in [-0.05, 0) is 30.2 Å². The molecule has 1 aliphatic rings. The number of hydrogen-bond donors (Lipinski definition) is 1. The van der Waals surface area contributed by atoms with Crippen molar-refractivity contribution < 1.29 is 9.53 Å². The molecule has 0 saturated carbocycles. The Bertz CT molecular complexity index is 1000. The molecule has 0 aliphatic carbocycles. The number of rotatable bonds is 4. The van der Waals surface area contributed by atoms with Gasteiger partial charge in [-0.15, -0.1) is 0 Å². The number of amides is 1. The molecule has 2 atom stereocenters. The number of guanidine groups is 1. The van der Waals surface area contributed by atoms with Crippen LogP contribution in [0.15, 0.2) is 53.5 Å². The fourth-order valence-corrected chi connectivity index (χ4v) is 3.74. The second-order valence-corrected chi connectivity index (χ2v) is 8.05. The summed E-state index contributed by atoms with van der Waals surface area (Å²) in [7, 11) is 3.43. The van der Waals surface area contributed by atoms with Crippen LogP contribution in [0.1, 0.15) is 48.9 Å². The van der Waals surface area contributed by atoms with Gasteiger partial charge in [-0.2, -0.15) is 5.26 Å². The van der Waals surface area contributed by atoms with Crippen LogP contribution in [-0.4, -0.2) is 35.7 Å². The SMILES string of the molecule is C[OH+]C(C)(C)c1ccc([C@H]2C(=O)N(C)C(N)=N[C@]2(C)c2cccc(C#N)c2)cc1. The van der Waals surface area contributed by atoms with Crippen LogP contribution in [-0.2, 0) is 15.9 Å². The fraction of sp³-hybridized carbons (Fsp3) is 0.348. The quantitative estimate of drug-likeness (QED) is 0.812. The van der Waals surface area contributed by atoms with Crippen molar-refractivity contribution in [3.63, 3.8) is 0 Å². The van der Waals surface area contributed by atoms with Crippen molar-refractivity contribution in [1.82, 2.24) is 4.90 Å². The van der Waals surface area contributed by atoms with E-state index in [9.17, 15) is 10.1 Å². The molecular formula is C23H27N4O2+. The first-order valence-electron chi connectivity index (χ1n) is 9.49. The first kappa shape index (κ1) is 20.6. The molecule has 2 aromatic rings. The lowest BCUT2D eigenvalue weighted by Crippen LogP contribution is -2.52. The molecular weight excluding hydrogens is 364 g/mol. The Morgan fingerprint density at radius 1 is 1.24 bits per heavy atom. The Labute approximate surface area is 171 Å². The van der Waals surface area contributed by atoms with Crippen molar-refractivity contribution in [3.05, 3.63) is 70.8 Å². The van der Waals surface area contributed by atoms with E-state index in [1.54, 1.807) is 32.4 Å². The van der Waals surface area contributed by atoms with E-state index < -0.39 is 11.5 Å². The second-order valence-electron chi connectivity index (χ2n) is 8.05. The molecule has 2 aromatic carbocycles. The predicted octanol–water partition coefficient (Wildman–Crippen LogP) is 2.74. The van der Waals surface area contributed by atoms with Gasteiger partial charge in [0, 0.05) is 26.5 Å². The average Bonchev–Trinajstić information content (AvgIpc) is 2.72. The van der Waals surface area contributed by atoms with Crippen molar-refractivity contribution >= 4 is 11.9 Å². The van der Waals surface area contributed by atoms with Crippen molar-refractivity contribution in [3.8, 4) is 6.07 Å². The molecule has 0 bridgehead atoms. The number of nitriles is 1. The first-order valence-corrected chi connectivity index (χ1v) is 9.49. The van der Waals surface area contributed by atoms with E-state index in [1.807, 2.05) is 51.1 Å². The lowest BCUT2D eigenvalue weighted by atomic mass is 9.74. The zero-order valence-corrected chi connectivity index (χ0v) is 17.5. The van der Waals surface area contributed by atoms with Gasteiger partial charge in [-0.25, -0.2) is 4.99 Å². The third-order valence-electron chi connectivity index (χ3n) is 5.92. The molecule has 150 valence electrons. The summed E-state index contributed by atoms with van der Waals surface area (Å²) in [5, 5.41) is 9.31. The number of hydrogen-bond acceptors (Lipinski definition) is 4. The maximum Gasteiger partial charge on any atom is 0.239 e. The lowest BCUT2D eigenvalue weighted by Gasteiger charge is -2.41. The van der Waals surface area contributed by atoms with Crippen LogP contribution >= 0.6 is 0 Å². The zero-order chi connectivity index (χ0) is 21.4. The number of aliphatic hydroxyl groups is 2. The highest BCUT2D eigenvalue weighted by atomic mass is 16.5. The van der Waals surface area contributed by atoms with E-state index in [1.165, 1.54) is 4.90 Å². The van der Waals surface area contributed by atoms with E-state index in [0.717, 1.165) is 16.7 Å². The maximum absolute atomic E-state index is 13.3. The Morgan fingerprint density at radius 2 is 1.90 bits per heavy atom. The Hall–Kier alpha value is -3.17. The standard InChI is InChI=1S/C23H26N4O2/c1-22(2,29-5)17-11-9-16(10-12-17)19-20(28)27(4)21(25)26-23(19,3)18-8-6-7-15(13-18)14-24/h6-13,19H,1-5H3,(H2,25,26)/p+1/t19-,23+/m0/s1. The Morgan fingerprint density at radius 3 is 2.48 bits per heavy atom. The number of nitrogens with two attached hydrogens (primary N) is 1. The Balaban J connectivity index is 2.16. The molecule has 0 aromatic heterocycles. The molecule has 6 nitrogen and oxygen atoms in total. The minimum absolute atomic E-state index is 0.130. The summed E-state index contributed by atoms with van der Waals surface area (Å²) in [5.41, 5.74) is 8.05. The molecule has 3 rings (SSSR count). The third-order valence-corrected chi connectivity index (χ3v) is 5.92. The summed E-state index contributed by atoms with van der Waals surface area (Å²) < 4.78 is 4.42. The highest BCUT2D eigenvalue weighted by molar-refractivity contribution is 6.02. The van der Waals surface area contributed by atoms with Crippen LogP contribution in [0, 0.1) is 11.3 Å².